The van der Waals surface area contributed by atoms with Gasteiger partial charge >= 0.3 is 6.18 Å². The molecule has 0 bridgehead atoms. The molecule has 2 aromatic rings. The maximum absolute atomic E-state index is 12.5. The molecule has 0 aliphatic heterocycles. The third-order valence-corrected chi connectivity index (χ3v) is 3.36. The molecule has 0 saturated heterocycles. The molecule has 0 atom stereocenters. The number of halogens is 4. The predicted octanol–water partition coefficient (Wildman–Crippen LogP) is 3.73. The van der Waals surface area contributed by atoms with Crippen LogP contribution in [0.2, 0.25) is 5.02 Å². The monoisotopic (exact) mass is 343 g/mol. The van der Waals surface area contributed by atoms with Gasteiger partial charge in [0, 0.05) is 25.4 Å². The number of anilines is 1. The van der Waals surface area contributed by atoms with Crippen molar-refractivity contribution in [3.63, 3.8) is 0 Å². The number of carbonyl (C=O) groups excluding carboxylic acids is 1. The van der Waals surface area contributed by atoms with Crippen molar-refractivity contribution in [3.05, 3.63) is 58.2 Å². The lowest BCUT2D eigenvalue weighted by atomic mass is 10.1. The Hall–Kier alpha value is -2.28. The van der Waals surface area contributed by atoms with Crippen molar-refractivity contribution in [3.8, 4) is 0 Å². The minimum atomic E-state index is -4.48. The molecule has 1 aromatic heterocycles. The molecule has 122 valence electrons. The lowest BCUT2D eigenvalue weighted by Crippen LogP contribution is -2.17. The van der Waals surface area contributed by atoms with Gasteiger partial charge in [-0.3, -0.25) is 4.79 Å². The Morgan fingerprint density at radius 1 is 1.26 bits per heavy atom. The highest BCUT2D eigenvalue weighted by atomic mass is 35.5. The fourth-order valence-corrected chi connectivity index (χ4v) is 2.06. The van der Waals surface area contributed by atoms with Crippen LogP contribution in [0.4, 0.5) is 19.0 Å². The van der Waals surface area contributed by atoms with Gasteiger partial charge in [-0.15, -0.1) is 0 Å². The van der Waals surface area contributed by atoms with Gasteiger partial charge in [0.05, 0.1) is 10.6 Å². The topological polar surface area (TPSA) is 54.0 Å². The number of nitrogens with one attached hydrogen (secondary N) is 2. The van der Waals surface area contributed by atoms with Crippen LogP contribution in [0.25, 0.3) is 0 Å². The van der Waals surface area contributed by atoms with Crippen molar-refractivity contribution >= 4 is 23.3 Å². The molecular formula is C15H13ClF3N3O. The Morgan fingerprint density at radius 2 is 1.91 bits per heavy atom. The Bertz CT molecular complexity index is 702. The molecule has 1 heterocycles. The molecule has 0 spiro atoms. The summed E-state index contributed by atoms with van der Waals surface area (Å²) in [5.74, 6) is -0.0352. The molecule has 23 heavy (non-hydrogen) atoms. The molecule has 0 saturated carbocycles. The molecule has 8 heteroatoms. The maximum atomic E-state index is 12.5. The number of hydrogen-bond acceptors (Lipinski definition) is 3. The second-order valence-corrected chi connectivity index (χ2v) is 5.09. The number of aromatic nitrogens is 1. The van der Waals surface area contributed by atoms with E-state index in [0.717, 1.165) is 17.8 Å². The van der Waals surface area contributed by atoms with Crippen LogP contribution in [0.5, 0.6) is 0 Å². The van der Waals surface area contributed by atoms with Crippen LogP contribution in [0.15, 0.2) is 36.5 Å². The Labute approximate surface area is 135 Å². The van der Waals surface area contributed by atoms with Gasteiger partial charge in [-0.2, -0.15) is 13.2 Å². The first kappa shape index (κ1) is 17.1. The zero-order valence-corrected chi connectivity index (χ0v) is 12.8. The van der Waals surface area contributed by atoms with E-state index in [1.165, 1.54) is 7.05 Å². The summed E-state index contributed by atoms with van der Waals surface area (Å²) in [6, 6.07) is 7.59. The summed E-state index contributed by atoms with van der Waals surface area (Å²) in [5.41, 5.74) is 0.445. The van der Waals surface area contributed by atoms with Gasteiger partial charge in [-0.05, 0) is 23.8 Å². The number of carbonyl (C=O) groups is 1. The first-order valence-corrected chi connectivity index (χ1v) is 6.96. The second kappa shape index (κ2) is 6.87. The van der Waals surface area contributed by atoms with Crippen molar-refractivity contribution in [2.45, 2.75) is 12.7 Å². The molecule has 0 aliphatic carbocycles. The van der Waals surface area contributed by atoms with E-state index in [0.29, 0.717) is 12.1 Å². The molecule has 0 radical (unpaired) electrons. The second-order valence-electron chi connectivity index (χ2n) is 4.68. The van der Waals surface area contributed by atoms with Crippen molar-refractivity contribution in [2.24, 2.45) is 0 Å². The van der Waals surface area contributed by atoms with Gasteiger partial charge in [0.2, 0.25) is 0 Å². The van der Waals surface area contributed by atoms with Gasteiger partial charge in [-0.1, -0.05) is 23.7 Å². The van der Waals surface area contributed by atoms with E-state index >= 15 is 0 Å². The smallest absolute Gasteiger partial charge is 0.365 e. The fraction of sp³-hybridized carbons (Fsp3) is 0.200. The maximum Gasteiger partial charge on any atom is 0.417 e. The number of rotatable bonds is 4. The average Bonchev–Trinajstić information content (AvgIpc) is 2.52. The lowest BCUT2D eigenvalue weighted by Gasteiger charge is -2.11. The van der Waals surface area contributed by atoms with Crippen molar-refractivity contribution in [1.29, 1.82) is 0 Å². The van der Waals surface area contributed by atoms with E-state index in [1.807, 2.05) is 0 Å². The number of nitrogens with zero attached hydrogens (tertiary/aromatic N) is 1. The molecule has 0 fully saturated rings. The predicted molar refractivity (Wildman–Crippen MR) is 81.4 cm³/mol. The number of alkyl halides is 3. The van der Waals surface area contributed by atoms with Crippen molar-refractivity contribution in [1.82, 2.24) is 10.3 Å². The number of pyridine rings is 1. The summed E-state index contributed by atoms with van der Waals surface area (Å²) in [7, 11) is 1.54. The largest absolute Gasteiger partial charge is 0.417 e. The van der Waals surface area contributed by atoms with Crippen LogP contribution in [-0.2, 0) is 12.7 Å². The van der Waals surface area contributed by atoms with Crippen LogP contribution >= 0.6 is 11.6 Å². The zero-order chi connectivity index (χ0) is 17.0. The summed E-state index contributed by atoms with van der Waals surface area (Å²) in [6.45, 7) is 0.312. The Morgan fingerprint density at radius 3 is 2.43 bits per heavy atom. The minimum Gasteiger partial charge on any atom is -0.365 e. The number of benzene rings is 1. The van der Waals surface area contributed by atoms with Gasteiger partial charge in [0.25, 0.3) is 5.91 Å². The highest BCUT2D eigenvalue weighted by Gasteiger charge is 2.31. The molecule has 2 rings (SSSR count). The first-order valence-electron chi connectivity index (χ1n) is 6.59. The van der Waals surface area contributed by atoms with E-state index in [1.54, 1.807) is 24.3 Å². The van der Waals surface area contributed by atoms with Crippen LogP contribution in [0.3, 0.4) is 0 Å². The molecule has 2 N–H and O–H groups in total. The first-order chi connectivity index (χ1) is 10.8. The van der Waals surface area contributed by atoms with Gasteiger partial charge in [0.1, 0.15) is 5.82 Å². The fourth-order valence-electron chi connectivity index (χ4n) is 1.83. The molecule has 1 amide bonds. The molecule has 1 aromatic carbocycles. The lowest BCUT2D eigenvalue weighted by molar-refractivity contribution is -0.137. The van der Waals surface area contributed by atoms with E-state index < -0.39 is 11.7 Å². The van der Waals surface area contributed by atoms with Gasteiger partial charge < -0.3 is 10.6 Å². The quantitative estimate of drug-likeness (QED) is 0.889. The summed E-state index contributed by atoms with van der Waals surface area (Å²) in [4.78, 5) is 15.1. The highest BCUT2D eigenvalue weighted by Crippen LogP contribution is 2.32. The van der Waals surface area contributed by atoms with Crippen LogP contribution < -0.4 is 10.6 Å². The summed E-state index contributed by atoms with van der Waals surface area (Å²) >= 11 is 5.81. The van der Waals surface area contributed by atoms with Crippen LogP contribution in [0, 0.1) is 0 Å². The SMILES string of the molecule is CNC(=O)c1ccc(CNc2ncc(C(F)(F)F)cc2Cl)cc1. The normalized spacial score (nSPS) is 11.2. The third kappa shape index (κ3) is 4.35. The van der Waals surface area contributed by atoms with Crippen molar-refractivity contribution in [2.75, 3.05) is 12.4 Å². The van der Waals surface area contributed by atoms with E-state index in [-0.39, 0.29) is 16.7 Å². The summed E-state index contributed by atoms with van der Waals surface area (Å²) < 4.78 is 37.6. The van der Waals surface area contributed by atoms with Crippen LogP contribution in [-0.4, -0.2) is 17.9 Å². The van der Waals surface area contributed by atoms with Crippen LogP contribution in [0.1, 0.15) is 21.5 Å². The molecule has 0 aliphatic rings. The highest BCUT2D eigenvalue weighted by molar-refractivity contribution is 6.32. The molecular weight excluding hydrogens is 331 g/mol. The van der Waals surface area contributed by atoms with Gasteiger partial charge in [-0.25, -0.2) is 4.98 Å². The number of amides is 1. The van der Waals surface area contributed by atoms with Crippen molar-refractivity contribution < 1.29 is 18.0 Å². The third-order valence-electron chi connectivity index (χ3n) is 3.07. The summed E-state index contributed by atoms with van der Waals surface area (Å²) in [6.07, 6.45) is -3.76. The van der Waals surface area contributed by atoms with Gasteiger partial charge in [0.15, 0.2) is 0 Å². The Kier molecular flexibility index (Phi) is 5.10. The molecule has 0 unspecified atom stereocenters. The standard InChI is InChI=1S/C15H13ClF3N3O/c1-20-14(23)10-4-2-9(3-5-10)7-21-13-12(16)6-11(8-22-13)15(17,18)19/h2-6,8H,7H2,1H3,(H,20,23)(H,21,22). The van der Waals surface area contributed by atoms with E-state index in [9.17, 15) is 18.0 Å². The Balaban J connectivity index is 2.05. The number of hydrogen-bond donors (Lipinski definition) is 2. The summed E-state index contributed by atoms with van der Waals surface area (Å²) in [5, 5.41) is 5.26. The zero-order valence-electron chi connectivity index (χ0n) is 12.0. The minimum absolute atomic E-state index is 0.109. The average molecular weight is 344 g/mol. The van der Waals surface area contributed by atoms with E-state index in [4.69, 9.17) is 11.6 Å². The molecule has 4 nitrogen and oxygen atoms in total. The van der Waals surface area contributed by atoms with E-state index in [2.05, 4.69) is 15.6 Å².